The van der Waals surface area contributed by atoms with Crippen LogP contribution in [0.3, 0.4) is 0 Å². The normalized spacial score (nSPS) is 12.2. The maximum absolute atomic E-state index is 10.6. The summed E-state index contributed by atoms with van der Waals surface area (Å²) in [5, 5.41) is 8.90. The molecule has 0 amide bonds. The minimum Gasteiger partial charge on any atom is -0.291 e. The highest BCUT2D eigenvalue weighted by Crippen LogP contribution is 2.01. The Hall–Kier alpha value is -0.970. The number of Topliss-reactive ketones (excluding diaryl/α,β-unsaturated/α-hetero) is 1. The average molecular weight is 180 g/mol. The van der Waals surface area contributed by atoms with E-state index in [2.05, 4.69) is 0 Å². The van der Waals surface area contributed by atoms with Crippen LogP contribution in [0.4, 0.5) is 0 Å². The largest absolute Gasteiger partial charge is 0.291 e. The van der Waals surface area contributed by atoms with Crippen LogP contribution in [0.15, 0.2) is 0 Å². The van der Waals surface area contributed by atoms with E-state index in [1.54, 1.807) is 0 Å². The summed E-state index contributed by atoms with van der Waals surface area (Å²) in [5.41, 5.74) is 0. The minimum absolute atomic E-state index is 0.769. The summed E-state index contributed by atoms with van der Waals surface area (Å²) in [6, 6.07) is 0. The van der Waals surface area contributed by atoms with Crippen molar-refractivity contribution in [3.63, 3.8) is 0 Å². The monoisotopic (exact) mass is 179 g/mol. The Kier molecular flexibility index (Phi) is 3.67. The Labute approximate surface area is 67.5 Å². The van der Waals surface area contributed by atoms with E-state index in [1.807, 2.05) is 0 Å². The van der Waals surface area contributed by atoms with Gasteiger partial charge >= 0.3 is 0 Å². The van der Waals surface area contributed by atoms with Gasteiger partial charge in [-0.2, -0.15) is 0 Å². The molecule has 0 fully saturated rings. The van der Waals surface area contributed by atoms with E-state index < -0.39 is 28.4 Å². The summed E-state index contributed by atoms with van der Waals surface area (Å²) < 4.78 is 0. The van der Waals surface area contributed by atoms with Gasteiger partial charge < -0.3 is 0 Å². The smallest absolute Gasteiger partial charge is 0.262 e. The molecule has 0 rings (SSSR count). The molecule has 6 heteroatoms. The molecule has 0 saturated carbocycles. The molecule has 0 N–H and O–H groups in total. The summed E-state index contributed by atoms with van der Waals surface area (Å²) in [6.45, 7) is 0.390. The van der Waals surface area contributed by atoms with Crippen molar-refractivity contribution in [2.24, 2.45) is 5.92 Å². The summed E-state index contributed by atoms with van der Waals surface area (Å²) in [4.78, 5) is 29.9. The van der Waals surface area contributed by atoms with Crippen LogP contribution in [0.2, 0.25) is 0 Å². The molecule has 0 aromatic rings. The van der Waals surface area contributed by atoms with Crippen LogP contribution in [-0.2, 0) is 9.59 Å². The van der Waals surface area contributed by atoms with Crippen LogP contribution in [0.25, 0.3) is 0 Å². The van der Waals surface area contributed by atoms with Gasteiger partial charge in [-0.15, -0.1) is 0 Å². The number of carbonyl (C=O) groups is 2. The standard InChI is InChI=1S/C5H6ClNO4/c1-3(5(6)9)4(8)2-7(10)11/h3H,2H2,1H3. The molecular formula is C5H6ClNO4. The van der Waals surface area contributed by atoms with E-state index >= 15 is 0 Å². The van der Waals surface area contributed by atoms with E-state index in [9.17, 15) is 19.7 Å². The molecule has 0 bridgehead atoms. The van der Waals surface area contributed by atoms with Crippen LogP contribution in [-0.4, -0.2) is 22.5 Å². The first-order chi connectivity index (χ1) is 4.95. The van der Waals surface area contributed by atoms with Crippen LogP contribution in [0.1, 0.15) is 6.92 Å². The minimum atomic E-state index is -1.08. The maximum Gasteiger partial charge on any atom is 0.262 e. The molecule has 62 valence electrons. The number of halogens is 1. The van der Waals surface area contributed by atoms with Gasteiger partial charge in [-0.3, -0.25) is 19.7 Å². The van der Waals surface area contributed by atoms with Crippen molar-refractivity contribution in [1.82, 2.24) is 0 Å². The first kappa shape index (κ1) is 10.0. The topological polar surface area (TPSA) is 77.3 Å². The SMILES string of the molecule is CC(C(=O)Cl)C(=O)C[N+](=O)[O-]. The molecule has 5 nitrogen and oxygen atoms in total. The highest BCUT2D eigenvalue weighted by atomic mass is 35.5. The first-order valence-corrected chi connectivity index (χ1v) is 3.16. The molecule has 0 saturated heterocycles. The van der Waals surface area contributed by atoms with Gasteiger partial charge in [0, 0.05) is 4.92 Å². The van der Waals surface area contributed by atoms with Gasteiger partial charge in [0.1, 0.15) is 0 Å². The van der Waals surface area contributed by atoms with Crippen molar-refractivity contribution in [2.45, 2.75) is 6.92 Å². The fourth-order valence-corrected chi connectivity index (χ4v) is 0.512. The quantitative estimate of drug-likeness (QED) is 0.268. The Morgan fingerprint density at radius 1 is 1.64 bits per heavy atom. The van der Waals surface area contributed by atoms with Gasteiger partial charge in [0.05, 0.1) is 5.92 Å². The van der Waals surface area contributed by atoms with E-state index in [1.165, 1.54) is 6.92 Å². The van der Waals surface area contributed by atoms with Crippen molar-refractivity contribution in [3.8, 4) is 0 Å². The van der Waals surface area contributed by atoms with Crippen molar-refractivity contribution < 1.29 is 14.5 Å². The Morgan fingerprint density at radius 3 is 2.36 bits per heavy atom. The van der Waals surface area contributed by atoms with Gasteiger partial charge in [-0.1, -0.05) is 0 Å². The first-order valence-electron chi connectivity index (χ1n) is 2.79. The van der Waals surface area contributed by atoms with E-state index in [4.69, 9.17) is 11.6 Å². The number of nitro groups is 1. The summed E-state index contributed by atoms with van der Waals surface area (Å²) in [6.07, 6.45) is 0. The molecule has 0 aliphatic heterocycles. The van der Waals surface area contributed by atoms with Gasteiger partial charge in [0.25, 0.3) is 6.54 Å². The van der Waals surface area contributed by atoms with Crippen molar-refractivity contribution in [3.05, 3.63) is 10.1 Å². The van der Waals surface area contributed by atoms with Crippen LogP contribution in [0.5, 0.6) is 0 Å². The van der Waals surface area contributed by atoms with Crippen LogP contribution >= 0.6 is 11.6 Å². The lowest BCUT2D eigenvalue weighted by molar-refractivity contribution is -0.467. The summed E-state index contributed by atoms with van der Waals surface area (Å²) in [5.74, 6) is -1.85. The van der Waals surface area contributed by atoms with E-state index in [0.717, 1.165) is 0 Å². The third kappa shape index (κ3) is 3.67. The molecule has 0 aromatic carbocycles. The van der Waals surface area contributed by atoms with Crippen molar-refractivity contribution in [2.75, 3.05) is 6.54 Å². The highest BCUT2D eigenvalue weighted by molar-refractivity contribution is 6.65. The molecule has 0 radical (unpaired) electrons. The number of hydrogen-bond acceptors (Lipinski definition) is 4. The third-order valence-corrected chi connectivity index (χ3v) is 1.44. The van der Waals surface area contributed by atoms with E-state index in [0.29, 0.717) is 0 Å². The Bertz CT molecular complexity index is 203. The molecule has 0 aromatic heterocycles. The van der Waals surface area contributed by atoms with E-state index in [-0.39, 0.29) is 0 Å². The zero-order valence-corrected chi connectivity index (χ0v) is 6.50. The molecule has 11 heavy (non-hydrogen) atoms. The second-order valence-electron chi connectivity index (χ2n) is 1.98. The van der Waals surface area contributed by atoms with Gasteiger partial charge in [-0.25, -0.2) is 0 Å². The summed E-state index contributed by atoms with van der Waals surface area (Å²) >= 11 is 4.92. The zero-order chi connectivity index (χ0) is 9.02. The molecule has 0 aliphatic rings. The van der Waals surface area contributed by atoms with Gasteiger partial charge in [-0.05, 0) is 18.5 Å². The molecule has 1 atom stereocenters. The van der Waals surface area contributed by atoms with Crippen molar-refractivity contribution in [1.29, 1.82) is 0 Å². The number of ketones is 1. The maximum atomic E-state index is 10.6. The zero-order valence-electron chi connectivity index (χ0n) is 5.74. The predicted octanol–water partition coefficient (Wildman–Crippen LogP) is 0.234. The van der Waals surface area contributed by atoms with Gasteiger partial charge in [0.15, 0.2) is 0 Å². The number of carbonyl (C=O) groups excluding carboxylic acids is 2. The molecule has 0 heterocycles. The third-order valence-electron chi connectivity index (χ3n) is 1.11. The Balaban J connectivity index is 4.04. The number of hydrogen-bond donors (Lipinski definition) is 0. The average Bonchev–Trinajstić information content (AvgIpc) is 1.84. The lowest BCUT2D eigenvalue weighted by Crippen LogP contribution is -2.24. The number of nitrogens with zero attached hydrogens (tertiary/aromatic N) is 1. The lowest BCUT2D eigenvalue weighted by Gasteiger charge is -1.98. The predicted molar refractivity (Wildman–Crippen MR) is 36.9 cm³/mol. The molecule has 0 spiro atoms. The molecular weight excluding hydrogens is 174 g/mol. The van der Waals surface area contributed by atoms with Gasteiger partial charge in [0.2, 0.25) is 11.0 Å². The number of rotatable bonds is 4. The molecule has 0 aliphatic carbocycles. The second-order valence-corrected chi connectivity index (χ2v) is 2.36. The summed E-state index contributed by atoms with van der Waals surface area (Å²) in [7, 11) is 0. The second kappa shape index (κ2) is 4.02. The fourth-order valence-electron chi connectivity index (χ4n) is 0.391. The highest BCUT2D eigenvalue weighted by Gasteiger charge is 2.23. The van der Waals surface area contributed by atoms with Crippen LogP contribution < -0.4 is 0 Å². The lowest BCUT2D eigenvalue weighted by atomic mass is 10.1. The fraction of sp³-hybridized carbons (Fsp3) is 0.600. The Morgan fingerprint density at radius 2 is 2.09 bits per heavy atom. The van der Waals surface area contributed by atoms with Crippen LogP contribution in [0, 0.1) is 16.0 Å². The van der Waals surface area contributed by atoms with Crippen molar-refractivity contribution >= 4 is 22.6 Å². The molecule has 1 unspecified atom stereocenters.